The zero-order valence-electron chi connectivity index (χ0n) is 9.66. The summed E-state index contributed by atoms with van der Waals surface area (Å²) >= 11 is 0. The molecule has 1 saturated heterocycles. The van der Waals surface area contributed by atoms with Gasteiger partial charge in [-0.15, -0.1) is 0 Å². The molecular formula is C15H17N. The Kier molecular flexibility index (Phi) is 2.41. The van der Waals surface area contributed by atoms with E-state index in [-0.39, 0.29) is 0 Å². The molecule has 1 N–H and O–H groups in total. The Labute approximate surface area is 96.5 Å². The van der Waals surface area contributed by atoms with E-state index in [1.54, 1.807) is 0 Å². The maximum absolute atomic E-state index is 3.61. The molecule has 0 unspecified atom stereocenters. The van der Waals surface area contributed by atoms with Crippen LogP contribution in [0.5, 0.6) is 0 Å². The lowest BCUT2D eigenvalue weighted by Crippen LogP contribution is -2.14. The lowest BCUT2D eigenvalue weighted by atomic mass is 9.93. The number of fused-ring (bicyclic) bond motifs is 1. The molecule has 1 heterocycles. The first kappa shape index (κ1) is 9.86. The Bertz CT molecular complexity index is 510. The van der Waals surface area contributed by atoms with Gasteiger partial charge in [0.05, 0.1) is 0 Å². The molecule has 0 radical (unpaired) electrons. The monoisotopic (exact) mass is 211 g/mol. The summed E-state index contributed by atoms with van der Waals surface area (Å²) in [4.78, 5) is 0. The quantitative estimate of drug-likeness (QED) is 0.760. The lowest BCUT2D eigenvalue weighted by molar-refractivity contribution is 0.649. The molecule has 1 fully saturated rings. The van der Waals surface area contributed by atoms with Gasteiger partial charge in [0.2, 0.25) is 0 Å². The van der Waals surface area contributed by atoms with Crippen LogP contribution in [-0.2, 0) is 0 Å². The van der Waals surface area contributed by atoms with Crippen LogP contribution in [0.1, 0.15) is 30.0 Å². The zero-order valence-corrected chi connectivity index (χ0v) is 9.66. The Morgan fingerprint density at radius 3 is 2.81 bits per heavy atom. The molecule has 0 spiro atoms. The van der Waals surface area contributed by atoms with Crippen LogP contribution in [0.25, 0.3) is 10.8 Å². The van der Waals surface area contributed by atoms with E-state index < -0.39 is 0 Å². The molecular weight excluding hydrogens is 194 g/mol. The van der Waals surface area contributed by atoms with Crippen molar-refractivity contribution in [3.05, 3.63) is 47.5 Å². The first-order chi connectivity index (χ1) is 7.86. The fraction of sp³-hybridized carbons (Fsp3) is 0.333. The van der Waals surface area contributed by atoms with Crippen LogP contribution in [0.15, 0.2) is 36.4 Å². The van der Waals surface area contributed by atoms with Gasteiger partial charge in [0.15, 0.2) is 0 Å². The van der Waals surface area contributed by atoms with Crippen LogP contribution in [0.2, 0.25) is 0 Å². The summed E-state index contributed by atoms with van der Waals surface area (Å²) in [6, 6.07) is 13.7. The second-order valence-corrected chi connectivity index (χ2v) is 4.67. The molecule has 0 amide bonds. The molecule has 16 heavy (non-hydrogen) atoms. The molecule has 0 aliphatic carbocycles. The van der Waals surface area contributed by atoms with Crippen molar-refractivity contribution in [1.82, 2.24) is 5.32 Å². The Hall–Kier alpha value is -1.34. The zero-order chi connectivity index (χ0) is 11.0. The van der Waals surface area contributed by atoms with E-state index in [0.717, 1.165) is 6.54 Å². The first-order valence-electron chi connectivity index (χ1n) is 6.08. The molecule has 0 bridgehead atoms. The summed E-state index contributed by atoms with van der Waals surface area (Å²) in [6.45, 7) is 3.38. The summed E-state index contributed by atoms with van der Waals surface area (Å²) in [5.41, 5.74) is 2.92. The highest BCUT2D eigenvalue weighted by Gasteiger charge is 2.19. The van der Waals surface area contributed by atoms with E-state index in [4.69, 9.17) is 0 Å². The van der Waals surface area contributed by atoms with Gasteiger partial charge in [-0.3, -0.25) is 0 Å². The fourth-order valence-corrected chi connectivity index (χ4v) is 2.80. The fourth-order valence-electron chi connectivity index (χ4n) is 2.80. The van der Waals surface area contributed by atoms with Crippen molar-refractivity contribution in [2.24, 2.45) is 0 Å². The van der Waals surface area contributed by atoms with E-state index in [9.17, 15) is 0 Å². The highest BCUT2D eigenvalue weighted by molar-refractivity contribution is 5.87. The molecule has 1 aliphatic heterocycles. The molecule has 1 atom stereocenters. The third-order valence-corrected chi connectivity index (χ3v) is 3.60. The molecule has 1 nitrogen and oxygen atoms in total. The smallest absolute Gasteiger partial charge is 0.0329 e. The third-order valence-electron chi connectivity index (χ3n) is 3.60. The van der Waals surface area contributed by atoms with Crippen molar-refractivity contribution in [1.29, 1.82) is 0 Å². The predicted molar refractivity (Wildman–Crippen MR) is 68.7 cm³/mol. The normalized spacial score (nSPS) is 20.4. The maximum Gasteiger partial charge on any atom is 0.0329 e. The van der Waals surface area contributed by atoms with E-state index in [1.165, 1.54) is 34.7 Å². The van der Waals surface area contributed by atoms with Crippen molar-refractivity contribution in [3.8, 4) is 0 Å². The molecule has 2 aromatic rings. The van der Waals surface area contributed by atoms with Crippen LogP contribution < -0.4 is 5.32 Å². The number of rotatable bonds is 1. The van der Waals surface area contributed by atoms with Crippen LogP contribution in [-0.4, -0.2) is 6.54 Å². The van der Waals surface area contributed by atoms with Crippen molar-refractivity contribution < 1.29 is 0 Å². The average molecular weight is 211 g/mol. The van der Waals surface area contributed by atoms with Crippen molar-refractivity contribution >= 4 is 10.8 Å². The van der Waals surface area contributed by atoms with Crippen molar-refractivity contribution in [2.45, 2.75) is 25.8 Å². The van der Waals surface area contributed by atoms with Gasteiger partial charge in [0, 0.05) is 6.04 Å². The summed E-state index contributed by atoms with van der Waals surface area (Å²) in [7, 11) is 0. The molecule has 0 aromatic heterocycles. The topological polar surface area (TPSA) is 12.0 Å². The molecule has 1 heteroatoms. The number of hydrogen-bond acceptors (Lipinski definition) is 1. The van der Waals surface area contributed by atoms with Gasteiger partial charge >= 0.3 is 0 Å². The van der Waals surface area contributed by atoms with Gasteiger partial charge in [-0.25, -0.2) is 0 Å². The molecule has 1 aliphatic rings. The molecule has 0 saturated carbocycles. The van der Waals surface area contributed by atoms with Gasteiger partial charge in [0.25, 0.3) is 0 Å². The minimum atomic E-state index is 0.561. The minimum absolute atomic E-state index is 0.561. The van der Waals surface area contributed by atoms with Gasteiger partial charge in [-0.2, -0.15) is 0 Å². The van der Waals surface area contributed by atoms with Crippen molar-refractivity contribution in [3.63, 3.8) is 0 Å². The number of aryl methyl sites for hydroxylation is 1. The van der Waals surface area contributed by atoms with E-state index >= 15 is 0 Å². The highest BCUT2D eigenvalue weighted by atomic mass is 14.9. The second-order valence-electron chi connectivity index (χ2n) is 4.67. The Morgan fingerprint density at radius 2 is 2.00 bits per heavy atom. The standard InChI is InChI=1S/C15H17N/c1-11-8-9-12-5-2-3-6-13(12)15(11)14-7-4-10-16-14/h2-3,5-6,8-9,14,16H,4,7,10H2,1H3/t14-/m0/s1. The van der Waals surface area contributed by atoms with E-state index in [2.05, 4.69) is 48.6 Å². The molecule has 2 aromatic carbocycles. The predicted octanol–water partition coefficient (Wildman–Crippen LogP) is 3.57. The average Bonchev–Trinajstić information content (AvgIpc) is 2.82. The van der Waals surface area contributed by atoms with Crippen LogP contribution in [0, 0.1) is 6.92 Å². The summed E-state index contributed by atoms with van der Waals surface area (Å²) < 4.78 is 0. The number of benzene rings is 2. The third kappa shape index (κ3) is 1.52. The minimum Gasteiger partial charge on any atom is -0.310 e. The molecule has 82 valence electrons. The SMILES string of the molecule is Cc1ccc2ccccc2c1[C@@H]1CCCN1. The Balaban J connectivity index is 2.23. The van der Waals surface area contributed by atoms with Crippen LogP contribution in [0.4, 0.5) is 0 Å². The number of hydrogen-bond donors (Lipinski definition) is 1. The second kappa shape index (κ2) is 3.91. The lowest BCUT2D eigenvalue weighted by Gasteiger charge is -2.16. The van der Waals surface area contributed by atoms with E-state index in [1.807, 2.05) is 0 Å². The summed E-state index contributed by atoms with van der Waals surface area (Å²) in [6.07, 6.45) is 2.57. The largest absolute Gasteiger partial charge is 0.310 e. The van der Waals surface area contributed by atoms with Gasteiger partial charge in [-0.1, -0.05) is 36.4 Å². The Morgan fingerprint density at radius 1 is 1.12 bits per heavy atom. The molecule has 3 rings (SSSR count). The van der Waals surface area contributed by atoms with Gasteiger partial charge in [0.1, 0.15) is 0 Å². The number of nitrogens with one attached hydrogen (secondary N) is 1. The van der Waals surface area contributed by atoms with Gasteiger partial charge < -0.3 is 5.32 Å². The van der Waals surface area contributed by atoms with Crippen LogP contribution >= 0.6 is 0 Å². The van der Waals surface area contributed by atoms with Crippen LogP contribution in [0.3, 0.4) is 0 Å². The maximum atomic E-state index is 3.61. The summed E-state index contributed by atoms with van der Waals surface area (Å²) in [5.74, 6) is 0. The first-order valence-corrected chi connectivity index (χ1v) is 6.08. The highest BCUT2D eigenvalue weighted by Crippen LogP contribution is 2.32. The summed E-state index contributed by atoms with van der Waals surface area (Å²) in [5, 5.41) is 6.38. The van der Waals surface area contributed by atoms with E-state index in [0.29, 0.717) is 6.04 Å². The van der Waals surface area contributed by atoms with Crippen molar-refractivity contribution in [2.75, 3.05) is 6.54 Å². The van der Waals surface area contributed by atoms with Gasteiger partial charge in [-0.05, 0) is 48.2 Å².